The molecule has 2 saturated carbocycles. The van der Waals surface area contributed by atoms with Crippen LogP contribution >= 0.6 is 45.8 Å². The van der Waals surface area contributed by atoms with E-state index in [1.165, 1.54) is 6.21 Å². The maximum Gasteiger partial charge on any atom is 0.254 e. The summed E-state index contributed by atoms with van der Waals surface area (Å²) in [4.78, 5) is 26.3. The standard InChI is InChI=1S/C26H21Cl2IN2O4/c1-34-21-7-12(6-20(29)24(21)35-11-13-2-3-14(27)8-19(13)28)10-30-31-25(32)22-15-4-5-16(18-9-17(15)18)23(22)26(31)33/h2-8,10,15-18,22-23H,9,11H2,1H3/b30-10-/t15-,16-,17-,18-,22-,23+/m0/s1. The summed E-state index contributed by atoms with van der Waals surface area (Å²) in [7, 11) is 1.56. The van der Waals surface area contributed by atoms with Gasteiger partial charge in [0.25, 0.3) is 11.8 Å². The van der Waals surface area contributed by atoms with E-state index >= 15 is 0 Å². The summed E-state index contributed by atoms with van der Waals surface area (Å²) in [5.74, 6) is 1.69. The number of ether oxygens (including phenoxy) is 2. The topological polar surface area (TPSA) is 68.2 Å². The summed E-state index contributed by atoms with van der Waals surface area (Å²) in [6, 6.07) is 8.88. The average Bonchev–Trinajstić information content (AvgIpc) is 3.62. The first-order chi connectivity index (χ1) is 16.9. The number of nitrogens with zero attached hydrogens (tertiary/aromatic N) is 2. The van der Waals surface area contributed by atoms with Gasteiger partial charge in [-0.3, -0.25) is 9.59 Å². The molecule has 180 valence electrons. The number of hydrazone groups is 1. The van der Waals surface area contributed by atoms with Gasteiger partial charge in [-0.2, -0.15) is 10.1 Å². The van der Waals surface area contributed by atoms with Crippen molar-refractivity contribution in [3.63, 3.8) is 0 Å². The van der Waals surface area contributed by atoms with E-state index in [1.54, 1.807) is 25.3 Å². The van der Waals surface area contributed by atoms with Crippen LogP contribution in [-0.2, 0) is 16.2 Å². The van der Waals surface area contributed by atoms with Gasteiger partial charge in [-0.1, -0.05) is 41.4 Å². The first-order valence-electron chi connectivity index (χ1n) is 11.4. The van der Waals surface area contributed by atoms with Crippen LogP contribution in [0.25, 0.3) is 0 Å². The van der Waals surface area contributed by atoms with Gasteiger partial charge in [-0.25, -0.2) is 0 Å². The largest absolute Gasteiger partial charge is 0.493 e. The number of benzene rings is 2. The minimum atomic E-state index is -0.261. The van der Waals surface area contributed by atoms with Crippen LogP contribution in [0.15, 0.2) is 47.6 Å². The lowest BCUT2D eigenvalue weighted by molar-refractivity contribution is -0.140. The molecule has 1 heterocycles. The molecule has 2 bridgehead atoms. The lowest BCUT2D eigenvalue weighted by Gasteiger charge is -2.37. The van der Waals surface area contributed by atoms with Crippen LogP contribution in [-0.4, -0.2) is 30.1 Å². The van der Waals surface area contributed by atoms with E-state index in [-0.39, 0.29) is 42.1 Å². The first-order valence-corrected chi connectivity index (χ1v) is 13.2. The number of carbonyl (C=O) groups excluding carboxylic acids is 2. The molecule has 35 heavy (non-hydrogen) atoms. The number of carbonyl (C=O) groups is 2. The molecule has 4 aliphatic carbocycles. The zero-order valence-electron chi connectivity index (χ0n) is 18.7. The van der Waals surface area contributed by atoms with Crippen LogP contribution in [0, 0.1) is 39.1 Å². The van der Waals surface area contributed by atoms with Crippen molar-refractivity contribution >= 4 is 63.8 Å². The highest BCUT2D eigenvalue weighted by Crippen LogP contribution is 2.65. The number of allylic oxidation sites excluding steroid dienone is 2. The number of imide groups is 1. The van der Waals surface area contributed by atoms with Crippen molar-refractivity contribution in [2.75, 3.05) is 7.11 Å². The van der Waals surface area contributed by atoms with Gasteiger partial charge < -0.3 is 9.47 Å². The second-order valence-corrected chi connectivity index (χ2v) is 11.5. The third kappa shape index (κ3) is 3.86. The molecule has 6 atom stereocenters. The average molecular weight is 623 g/mol. The van der Waals surface area contributed by atoms with Gasteiger partial charge in [0, 0.05) is 15.6 Å². The lowest BCUT2D eigenvalue weighted by atomic mass is 9.63. The second kappa shape index (κ2) is 8.78. The summed E-state index contributed by atoms with van der Waals surface area (Å²) in [5, 5.41) is 6.49. The van der Waals surface area contributed by atoms with Crippen molar-refractivity contribution in [1.82, 2.24) is 5.01 Å². The van der Waals surface area contributed by atoms with Gasteiger partial charge in [0.15, 0.2) is 11.5 Å². The highest BCUT2D eigenvalue weighted by Gasteiger charge is 2.67. The Morgan fingerprint density at radius 1 is 1.09 bits per heavy atom. The molecule has 7 rings (SSSR count). The van der Waals surface area contributed by atoms with E-state index in [0.717, 1.165) is 20.6 Å². The Bertz CT molecular complexity index is 1280. The molecule has 2 amide bonds. The number of hydrogen-bond donors (Lipinski definition) is 0. The molecule has 0 radical (unpaired) electrons. The zero-order chi connectivity index (χ0) is 24.4. The zero-order valence-corrected chi connectivity index (χ0v) is 22.3. The Kier molecular flexibility index (Phi) is 5.85. The van der Waals surface area contributed by atoms with Gasteiger partial charge in [0.1, 0.15) is 6.61 Å². The molecule has 1 saturated heterocycles. The fourth-order valence-corrected chi connectivity index (χ4v) is 7.17. The molecular weight excluding hydrogens is 602 g/mol. The summed E-state index contributed by atoms with van der Waals surface area (Å²) in [5.41, 5.74) is 1.50. The Morgan fingerprint density at radius 3 is 2.40 bits per heavy atom. The van der Waals surface area contributed by atoms with Crippen molar-refractivity contribution < 1.29 is 19.1 Å². The van der Waals surface area contributed by atoms with Crippen LogP contribution in [0.4, 0.5) is 0 Å². The quantitative estimate of drug-likeness (QED) is 0.183. The number of methoxy groups -OCH3 is 1. The number of hydrogen-bond acceptors (Lipinski definition) is 5. The maximum atomic E-state index is 13.1. The highest BCUT2D eigenvalue weighted by molar-refractivity contribution is 14.1. The molecule has 0 unspecified atom stereocenters. The third-order valence-corrected chi connectivity index (χ3v) is 8.99. The number of halogens is 3. The smallest absolute Gasteiger partial charge is 0.254 e. The molecule has 0 aromatic heterocycles. The predicted molar refractivity (Wildman–Crippen MR) is 141 cm³/mol. The minimum absolute atomic E-state index is 0.178. The molecule has 9 heteroatoms. The van der Waals surface area contributed by atoms with Gasteiger partial charge in [-0.05, 0) is 82.5 Å². The summed E-state index contributed by atoms with van der Waals surface area (Å²) < 4.78 is 12.4. The Morgan fingerprint density at radius 2 is 1.77 bits per heavy atom. The summed E-state index contributed by atoms with van der Waals surface area (Å²) in [6.45, 7) is 0.244. The monoisotopic (exact) mass is 622 g/mol. The van der Waals surface area contributed by atoms with E-state index in [2.05, 4.69) is 39.8 Å². The minimum Gasteiger partial charge on any atom is -0.493 e. The Balaban J connectivity index is 1.21. The summed E-state index contributed by atoms with van der Waals surface area (Å²) in [6.07, 6.45) is 6.98. The van der Waals surface area contributed by atoms with Crippen molar-refractivity contribution in [2.45, 2.75) is 13.0 Å². The van der Waals surface area contributed by atoms with Gasteiger partial charge in [0.2, 0.25) is 0 Å². The van der Waals surface area contributed by atoms with Crippen molar-refractivity contribution in [1.29, 1.82) is 0 Å². The molecule has 1 aliphatic heterocycles. The maximum absolute atomic E-state index is 13.1. The van der Waals surface area contributed by atoms with Gasteiger partial charge in [0.05, 0.1) is 28.7 Å². The van der Waals surface area contributed by atoms with E-state index in [4.69, 9.17) is 32.7 Å². The fourth-order valence-electron chi connectivity index (χ4n) is 5.92. The van der Waals surface area contributed by atoms with Crippen LogP contribution in [0.5, 0.6) is 11.5 Å². The molecule has 2 aromatic carbocycles. The SMILES string of the molecule is COc1cc(/C=N\N2C(=O)[C@@H]3[C@H]4C=C[C@@H]([C@@H]5C[C@@H]45)[C@@H]3C2=O)cc(I)c1OCc1ccc(Cl)cc1Cl. The van der Waals surface area contributed by atoms with Crippen LogP contribution < -0.4 is 9.47 Å². The molecule has 6 nitrogen and oxygen atoms in total. The van der Waals surface area contributed by atoms with E-state index in [1.807, 2.05) is 12.1 Å². The van der Waals surface area contributed by atoms with Crippen LogP contribution in [0.3, 0.4) is 0 Å². The lowest BCUT2D eigenvalue weighted by Crippen LogP contribution is -2.40. The first kappa shape index (κ1) is 23.3. The molecule has 0 N–H and O–H groups in total. The number of amides is 2. The van der Waals surface area contributed by atoms with Gasteiger partial charge >= 0.3 is 0 Å². The van der Waals surface area contributed by atoms with Crippen molar-refractivity contribution in [3.8, 4) is 11.5 Å². The van der Waals surface area contributed by atoms with E-state index in [9.17, 15) is 9.59 Å². The predicted octanol–water partition coefficient (Wildman–Crippen LogP) is 5.57. The normalized spacial score (nSPS) is 30.1. The molecule has 2 aromatic rings. The van der Waals surface area contributed by atoms with Crippen LogP contribution in [0.1, 0.15) is 17.5 Å². The molecule has 3 fully saturated rings. The summed E-state index contributed by atoms with van der Waals surface area (Å²) >= 11 is 14.4. The third-order valence-electron chi connectivity index (χ3n) is 7.60. The van der Waals surface area contributed by atoms with Crippen molar-refractivity contribution in [2.24, 2.45) is 40.6 Å². The Labute approximate surface area is 226 Å². The molecule has 5 aliphatic rings. The number of rotatable bonds is 6. The molecular formula is C26H21Cl2IN2O4. The van der Waals surface area contributed by atoms with E-state index < -0.39 is 0 Å². The Hall–Kier alpha value is -2.10. The van der Waals surface area contributed by atoms with Crippen LogP contribution in [0.2, 0.25) is 10.0 Å². The van der Waals surface area contributed by atoms with Crippen molar-refractivity contribution in [3.05, 3.63) is 67.2 Å². The molecule has 0 spiro atoms. The van der Waals surface area contributed by atoms with E-state index in [0.29, 0.717) is 38.9 Å². The second-order valence-electron chi connectivity index (χ2n) is 9.45. The highest BCUT2D eigenvalue weighted by atomic mass is 127. The fraction of sp³-hybridized carbons (Fsp3) is 0.346. The van der Waals surface area contributed by atoms with Gasteiger partial charge in [-0.15, -0.1) is 0 Å².